The normalized spacial score (nSPS) is 12.1. The minimum absolute atomic E-state index is 0.0519. The van der Waals surface area contributed by atoms with E-state index in [9.17, 15) is 14.4 Å². The Bertz CT molecular complexity index is 999. The molecule has 0 unspecified atom stereocenters. The van der Waals surface area contributed by atoms with E-state index < -0.39 is 17.8 Å². The zero-order valence-corrected chi connectivity index (χ0v) is 17.1. The van der Waals surface area contributed by atoms with Gasteiger partial charge in [0, 0.05) is 5.56 Å². The number of hydrogen-bond acceptors (Lipinski definition) is 7. The highest BCUT2D eigenvalue weighted by Crippen LogP contribution is 2.33. The summed E-state index contributed by atoms with van der Waals surface area (Å²) in [7, 11) is 1.52. The maximum absolute atomic E-state index is 12.7. The van der Waals surface area contributed by atoms with Crippen LogP contribution in [-0.4, -0.2) is 44.8 Å². The molecule has 0 aliphatic carbocycles. The van der Waals surface area contributed by atoms with Crippen molar-refractivity contribution in [1.82, 2.24) is 10.6 Å². The van der Waals surface area contributed by atoms with E-state index in [1.54, 1.807) is 49.4 Å². The van der Waals surface area contributed by atoms with Gasteiger partial charge in [0.1, 0.15) is 18.0 Å². The number of benzene rings is 2. The van der Waals surface area contributed by atoms with Gasteiger partial charge in [0.05, 0.1) is 13.7 Å². The first-order valence-electron chi connectivity index (χ1n) is 9.50. The largest absolute Gasteiger partial charge is 0.497 e. The summed E-state index contributed by atoms with van der Waals surface area (Å²) in [5.41, 5.74) is 0.875. The molecular formula is C22H22N2O7. The molecule has 0 fully saturated rings. The van der Waals surface area contributed by atoms with E-state index in [1.165, 1.54) is 13.2 Å². The molecule has 0 spiro atoms. The summed E-state index contributed by atoms with van der Waals surface area (Å²) in [4.78, 5) is 36.9. The minimum Gasteiger partial charge on any atom is -0.497 e. The van der Waals surface area contributed by atoms with Crippen molar-refractivity contribution in [2.24, 2.45) is 0 Å². The number of nitrogens with one attached hydrogen (secondary N) is 2. The third-order valence-corrected chi connectivity index (χ3v) is 4.25. The van der Waals surface area contributed by atoms with Crippen molar-refractivity contribution in [3.8, 4) is 17.2 Å². The molecule has 0 radical (unpaired) electrons. The summed E-state index contributed by atoms with van der Waals surface area (Å²) in [5, 5.41) is 5.03. The maximum atomic E-state index is 12.7. The molecule has 0 aromatic heterocycles. The first-order chi connectivity index (χ1) is 15.0. The quantitative estimate of drug-likeness (QED) is 0.490. The molecule has 2 amide bonds. The van der Waals surface area contributed by atoms with Gasteiger partial charge in [-0.15, -0.1) is 0 Å². The second-order valence-corrected chi connectivity index (χ2v) is 6.34. The smallest absolute Gasteiger partial charge is 0.325 e. The van der Waals surface area contributed by atoms with E-state index in [0.29, 0.717) is 28.4 Å². The maximum Gasteiger partial charge on any atom is 0.325 e. The zero-order chi connectivity index (χ0) is 22.2. The van der Waals surface area contributed by atoms with Crippen molar-refractivity contribution in [2.45, 2.75) is 6.92 Å². The van der Waals surface area contributed by atoms with E-state index in [-0.39, 0.29) is 25.6 Å². The molecule has 0 atom stereocenters. The van der Waals surface area contributed by atoms with Crippen molar-refractivity contribution in [3.05, 3.63) is 59.3 Å². The number of carbonyl (C=O) groups excluding carboxylic acids is 3. The molecule has 0 saturated carbocycles. The van der Waals surface area contributed by atoms with Crippen LogP contribution in [0.5, 0.6) is 17.2 Å². The van der Waals surface area contributed by atoms with Gasteiger partial charge in [-0.05, 0) is 55.0 Å². The molecule has 9 heteroatoms. The number of methoxy groups -OCH3 is 1. The van der Waals surface area contributed by atoms with E-state index in [1.807, 2.05) is 0 Å². The Labute approximate surface area is 178 Å². The summed E-state index contributed by atoms with van der Waals surface area (Å²) in [6.07, 6.45) is 1.48. The average Bonchev–Trinajstić information content (AvgIpc) is 3.25. The first-order valence-corrected chi connectivity index (χ1v) is 9.50. The lowest BCUT2D eigenvalue weighted by molar-refractivity contribution is -0.143. The van der Waals surface area contributed by atoms with Gasteiger partial charge in [0.2, 0.25) is 6.79 Å². The fraction of sp³-hybridized carbons (Fsp3) is 0.227. The van der Waals surface area contributed by atoms with Gasteiger partial charge in [-0.3, -0.25) is 14.4 Å². The predicted octanol–water partition coefficient (Wildman–Crippen LogP) is 1.87. The highest BCUT2D eigenvalue weighted by molar-refractivity contribution is 6.05. The molecule has 162 valence electrons. The van der Waals surface area contributed by atoms with Crippen LogP contribution in [-0.2, 0) is 14.3 Å². The summed E-state index contributed by atoms with van der Waals surface area (Å²) in [6.45, 7) is 1.65. The number of hydrogen-bond donors (Lipinski definition) is 2. The molecule has 3 rings (SSSR count). The number of rotatable bonds is 8. The van der Waals surface area contributed by atoms with E-state index in [4.69, 9.17) is 18.9 Å². The van der Waals surface area contributed by atoms with Gasteiger partial charge in [-0.2, -0.15) is 0 Å². The summed E-state index contributed by atoms with van der Waals surface area (Å²) in [5.74, 6) is -0.0117. The molecule has 1 aliphatic heterocycles. The molecule has 2 N–H and O–H groups in total. The molecule has 9 nitrogen and oxygen atoms in total. The molecule has 2 aromatic rings. The molecule has 2 aromatic carbocycles. The molecule has 1 aliphatic rings. The van der Waals surface area contributed by atoms with Gasteiger partial charge < -0.3 is 29.6 Å². The Kier molecular flexibility index (Phi) is 7.10. The highest BCUT2D eigenvalue weighted by atomic mass is 16.7. The van der Waals surface area contributed by atoms with Crippen molar-refractivity contribution in [3.63, 3.8) is 0 Å². The van der Waals surface area contributed by atoms with Crippen molar-refractivity contribution >= 4 is 23.9 Å². The van der Waals surface area contributed by atoms with E-state index >= 15 is 0 Å². The Hall–Kier alpha value is -4.01. The SMILES string of the molecule is CCOC(=O)CNC(=O)C(=Cc1ccc2c(c1)OCO2)NC(=O)c1ccc(OC)cc1. The van der Waals surface area contributed by atoms with Gasteiger partial charge in [-0.25, -0.2) is 0 Å². The number of carbonyl (C=O) groups is 3. The molecule has 1 heterocycles. The lowest BCUT2D eigenvalue weighted by atomic mass is 10.1. The number of amides is 2. The Morgan fingerprint density at radius 1 is 1.06 bits per heavy atom. The fourth-order valence-corrected chi connectivity index (χ4v) is 2.72. The van der Waals surface area contributed by atoms with Crippen LogP contribution in [0.15, 0.2) is 48.2 Å². The fourth-order valence-electron chi connectivity index (χ4n) is 2.72. The standard InChI is InChI=1S/C22H22N2O7/c1-3-29-20(25)12-23-22(27)17(10-14-4-9-18-19(11-14)31-13-30-18)24-21(26)15-5-7-16(28-2)8-6-15/h4-11H,3,12-13H2,1-2H3,(H,23,27)(H,24,26). The number of ether oxygens (including phenoxy) is 4. The molecule has 31 heavy (non-hydrogen) atoms. The van der Waals surface area contributed by atoms with Crippen LogP contribution >= 0.6 is 0 Å². The number of fused-ring (bicyclic) bond motifs is 1. The second kappa shape index (κ2) is 10.1. The molecule has 0 bridgehead atoms. The van der Waals surface area contributed by atoms with Crippen LogP contribution in [0.25, 0.3) is 6.08 Å². The van der Waals surface area contributed by atoms with Gasteiger partial charge in [-0.1, -0.05) is 6.07 Å². The van der Waals surface area contributed by atoms with Gasteiger partial charge >= 0.3 is 5.97 Å². The first kappa shape index (κ1) is 21.7. The summed E-state index contributed by atoms with van der Waals surface area (Å²) in [6, 6.07) is 11.5. The Morgan fingerprint density at radius 2 is 1.81 bits per heavy atom. The van der Waals surface area contributed by atoms with Crippen molar-refractivity contribution in [1.29, 1.82) is 0 Å². The summed E-state index contributed by atoms with van der Waals surface area (Å²) >= 11 is 0. The third kappa shape index (κ3) is 5.75. The van der Waals surface area contributed by atoms with E-state index in [2.05, 4.69) is 10.6 Å². The Balaban J connectivity index is 1.81. The summed E-state index contributed by atoms with van der Waals surface area (Å²) < 4.78 is 20.5. The van der Waals surface area contributed by atoms with Crippen LogP contribution < -0.4 is 24.8 Å². The zero-order valence-electron chi connectivity index (χ0n) is 17.1. The lowest BCUT2D eigenvalue weighted by Crippen LogP contribution is -2.37. The average molecular weight is 426 g/mol. The second-order valence-electron chi connectivity index (χ2n) is 6.34. The predicted molar refractivity (Wildman–Crippen MR) is 111 cm³/mol. The van der Waals surface area contributed by atoms with E-state index in [0.717, 1.165) is 0 Å². The monoisotopic (exact) mass is 426 g/mol. The van der Waals surface area contributed by atoms with Crippen LogP contribution in [0.3, 0.4) is 0 Å². The van der Waals surface area contributed by atoms with Crippen LogP contribution in [0.4, 0.5) is 0 Å². The van der Waals surface area contributed by atoms with Crippen molar-refractivity contribution < 1.29 is 33.3 Å². The third-order valence-electron chi connectivity index (χ3n) is 4.25. The van der Waals surface area contributed by atoms with Gasteiger partial charge in [0.25, 0.3) is 11.8 Å². The van der Waals surface area contributed by atoms with Crippen LogP contribution in [0.2, 0.25) is 0 Å². The van der Waals surface area contributed by atoms with Crippen LogP contribution in [0.1, 0.15) is 22.8 Å². The molecule has 0 saturated heterocycles. The molecular weight excluding hydrogens is 404 g/mol. The van der Waals surface area contributed by atoms with Gasteiger partial charge in [0.15, 0.2) is 11.5 Å². The Morgan fingerprint density at radius 3 is 2.52 bits per heavy atom. The lowest BCUT2D eigenvalue weighted by Gasteiger charge is -2.11. The minimum atomic E-state index is -0.646. The van der Waals surface area contributed by atoms with Crippen molar-refractivity contribution in [2.75, 3.05) is 27.1 Å². The highest BCUT2D eigenvalue weighted by Gasteiger charge is 2.18. The van der Waals surface area contributed by atoms with Crippen LogP contribution in [0, 0.1) is 0 Å². The number of esters is 1. The topological polar surface area (TPSA) is 112 Å².